The van der Waals surface area contributed by atoms with Crippen molar-refractivity contribution in [2.75, 3.05) is 7.11 Å². The van der Waals surface area contributed by atoms with Crippen molar-refractivity contribution >= 4 is 34.8 Å². The highest BCUT2D eigenvalue weighted by molar-refractivity contribution is 14.1. The summed E-state index contributed by atoms with van der Waals surface area (Å²) in [5.41, 5.74) is 8.76. The van der Waals surface area contributed by atoms with Crippen LogP contribution in [0.25, 0.3) is 0 Å². The third-order valence-corrected chi connectivity index (χ3v) is 3.62. The van der Waals surface area contributed by atoms with Crippen LogP contribution < -0.4 is 20.6 Å². The minimum atomic E-state index is -0.711. The van der Waals surface area contributed by atoms with Crippen molar-refractivity contribution in [3.8, 4) is 11.5 Å². The van der Waals surface area contributed by atoms with E-state index in [-0.39, 0.29) is 0 Å². The van der Waals surface area contributed by atoms with Crippen LogP contribution in [0.2, 0.25) is 0 Å². The summed E-state index contributed by atoms with van der Waals surface area (Å²) in [4.78, 5) is 10.6. The van der Waals surface area contributed by atoms with Crippen LogP contribution in [0.3, 0.4) is 0 Å². The number of nitrogens with zero attached hydrogens (tertiary/aromatic N) is 1. The van der Waals surface area contributed by atoms with Crippen molar-refractivity contribution in [1.82, 2.24) is 5.43 Å². The molecule has 23 heavy (non-hydrogen) atoms. The van der Waals surface area contributed by atoms with E-state index in [1.54, 1.807) is 7.11 Å². The molecule has 0 saturated carbocycles. The van der Waals surface area contributed by atoms with E-state index in [0.29, 0.717) is 6.61 Å². The summed E-state index contributed by atoms with van der Waals surface area (Å²) in [5.74, 6) is 1.50. The molecule has 0 heterocycles. The van der Waals surface area contributed by atoms with Gasteiger partial charge >= 0.3 is 6.03 Å². The molecule has 2 amide bonds. The summed E-state index contributed by atoms with van der Waals surface area (Å²) in [6.45, 7) is 0.356. The van der Waals surface area contributed by atoms with Gasteiger partial charge in [0.2, 0.25) is 0 Å². The van der Waals surface area contributed by atoms with E-state index < -0.39 is 6.03 Å². The zero-order valence-corrected chi connectivity index (χ0v) is 14.6. The number of rotatable bonds is 6. The first-order valence-electron chi connectivity index (χ1n) is 6.72. The Labute approximate surface area is 147 Å². The van der Waals surface area contributed by atoms with Crippen LogP contribution in [-0.4, -0.2) is 19.4 Å². The first-order valence-corrected chi connectivity index (χ1v) is 7.80. The standard InChI is InChI=1S/C16H16IN3O3/c1-22-15-7-2-11(9-19-20-16(18)21)8-12(15)10-23-14-5-3-13(17)4-6-14/h2-9H,10H2,1H3,(H3,18,20,21). The van der Waals surface area contributed by atoms with Crippen LogP contribution in [0.4, 0.5) is 4.79 Å². The Morgan fingerprint density at radius 2 is 2.04 bits per heavy atom. The maximum Gasteiger partial charge on any atom is 0.332 e. The lowest BCUT2D eigenvalue weighted by Crippen LogP contribution is -2.24. The molecule has 0 bridgehead atoms. The Hall–Kier alpha value is -2.29. The van der Waals surface area contributed by atoms with E-state index in [1.165, 1.54) is 6.21 Å². The van der Waals surface area contributed by atoms with E-state index in [0.717, 1.165) is 26.2 Å². The second-order valence-electron chi connectivity index (χ2n) is 4.55. The number of primary amides is 1. The average Bonchev–Trinajstić information content (AvgIpc) is 2.54. The van der Waals surface area contributed by atoms with Gasteiger partial charge < -0.3 is 15.2 Å². The van der Waals surface area contributed by atoms with Gasteiger partial charge in [0.15, 0.2) is 0 Å². The molecule has 0 unspecified atom stereocenters. The molecule has 6 nitrogen and oxygen atoms in total. The number of methoxy groups -OCH3 is 1. The summed E-state index contributed by atoms with van der Waals surface area (Å²) >= 11 is 2.24. The molecule has 2 aromatic carbocycles. The van der Waals surface area contributed by atoms with Crippen molar-refractivity contribution in [2.24, 2.45) is 10.8 Å². The monoisotopic (exact) mass is 425 g/mol. The lowest BCUT2D eigenvalue weighted by molar-refractivity contribution is 0.249. The lowest BCUT2D eigenvalue weighted by atomic mass is 10.1. The van der Waals surface area contributed by atoms with Crippen LogP contribution in [0.1, 0.15) is 11.1 Å². The molecule has 0 aliphatic rings. The summed E-state index contributed by atoms with van der Waals surface area (Å²) in [6, 6.07) is 12.6. The Kier molecular flexibility index (Phi) is 6.21. The number of nitrogens with one attached hydrogen (secondary N) is 1. The SMILES string of the molecule is COc1ccc(C=NNC(N)=O)cc1COc1ccc(I)cc1. The van der Waals surface area contributed by atoms with Crippen molar-refractivity contribution < 1.29 is 14.3 Å². The largest absolute Gasteiger partial charge is 0.496 e. The van der Waals surface area contributed by atoms with Gasteiger partial charge in [-0.05, 0) is 70.6 Å². The molecule has 0 aliphatic heterocycles. The molecule has 120 valence electrons. The van der Waals surface area contributed by atoms with Gasteiger partial charge in [0.1, 0.15) is 18.1 Å². The summed E-state index contributed by atoms with van der Waals surface area (Å²) in [6.07, 6.45) is 1.50. The predicted octanol–water partition coefficient (Wildman–Crippen LogP) is 2.88. The first kappa shape index (κ1) is 17.1. The van der Waals surface area contributed by atoms with Crippen molar-refractivity contribution in [1.29, 1.82) is 0 Å². The predicted molar refractivity (Wildman–Crippen MR) is 96.8 cm³/mol. The molecule has 2 rings (SSSR count). The summed E-state index contributed by atoms with van der Waals surface area (Å²) in [7, 11) is 1.60. The maximum atomic E-state index is 10.6. The quantitative estimate of drug-likeness (QED) is 0.424. The summed E-state index contributed by atoms with van der Waals surface area (Å²) in [5, 5.41) is 3.73. The zero-order valence-electron chi connectivity index (χ0n) is 12.5. The van der Waals surface area contributed by atoms with Gasteiger partial charge in [0.25, 0.3) is 0 Å². The second-order valence-corrected chi connectivity index (χ2v) is 5.79. The highest BCUT2D eigenvalue weighted by Gasteiger charge is 2.05. The molecule has 0 radical (unpaired) electrons. The highest BCUT2D eigenvalue weighted by Crippen LogP contribution is 2.22. The van der Waals surface area contributed by atoms with E-state index in [4.69, 9.17) is 15.2 Å². The Bertz CT molecular complexity index is 702. The number of amides is 2. The number of halogens is 1. The van der Waals surface area contributed by atoms with Gasteiger partial charge in [0.05, 0.1) is 13.3 Å². The molecule has 0 atom stereocenters. The molecule has 0 fully saturated rings. The normalized spacial score (nSPS) is 10.5. The van der Waals surface area contributed by atoms with E-state index >= 15 is 0 Å². The number of nitrogens with two attached hydrogens (primary N) is 1. The average molecular weight is 425 g/mol. The van der Waals surface area contributed by atoms with Gasteiger partial charge in [0, 0.05) is 9.13 Å². The number of ether oxygens (including phenoxy) is 2. The number of benzene rings is 2. The Morgan fingerprint density at radius 1 is 1.30 bits per heavy atom. The molecule has 3 N–H and O–H groups in total. The molecule has 7 heteroatoms. The topological polar surface area (TPSA) is 85.9 Å². The fourth-order valence-electron chi connectivity index (χ4n) is 1.85. The molecule has 0 saturated heterocycles. The zero-order chi connectivity index (χ0) is 16.7. The first-order chi connectivity index (χ1) is 11.1. The lowest BCUT2D eigenvalue weighted by Gasteiger charge is -2.11. The second kappa shape index (κ2) is 8.37. The molecular formula is C16H16IN3O3. The maximum absolute atomic E-state index is 10.6. The molecule has 0 aliphatic carbocycles. The molecule has 2 aromatic rings. The number of hydrogen-bond acceptors (Lipinski definition) is 4. The van der Waals surface area contributed by atoms with Crippen molar-refractivity contribution in [3.63, 3.8) is 0 Å². The highest BCUT2D eigenvalue weighted by atomic mass is 127. The fourth-order valence-corrected chi connectivity index (χ4v) is 2.21. The minimum absolute atomic E-state index is 0.356. The van der Waals surface area contributed by atoms with E-state index in [2.05, 4.69) is 33.1 Å². The summed E-state index contributed by atoms with van der Waals surface area (Å²) < 4.78 is 12.3. The fraction of sp³-hybridized carbons (Fsp3) is 0.125. The number of hydrogen-bond donors (Lipinski definition) is 2. The van der Waals surface area contributed by atoms with Gasteiger partial charge in [-0.15, -0.1) is 0 Å². The van der Waals surface area contributed by atoms with Crippen molar-refractivity contribution in [3.05, 3.63) is 57.2 Å². The number of urea groups is 1. The van der Waals surface area contributed by atoms with Gasteiger partial charge in [-0.1, -0.05) is 0 Å². The smallest absolute Gasteiger partial charge is 0.332 e. The van der Waals surface area contributed by atoms with Crippen LogP contribution in [0.15, 0.2) is 47.6 Å². The Balaban J connectivity index is 2.10. The molecule has 0 aromatic heterocycles. The molecular weight excluding hydrogens is 409 g/mol. The third-order valence-electron chi connectivity index (χ3n) is 2.90. The Morgan fingerprint density at radius 3 is 2.70 bits per heavy atom. The van der Waals surface area contributed by atoms with Crippen LogP contribution >= 0.6 is 22.6 Å². The van der Waals surface area contributed by atoms with E-state index in [1.807, 2.05) is 42.5 Å². The van der Waals surface area contributed by atoms with Gasteiger partial charge in [-0.2, -0.15) is 5.10 Å². The number of carbonyl (C=O) groups is 1. The molecule has 0 spiro atoms. The third kappa shape index (κ3) is 5.44. The van der Waals surface area contributed by atoms with Gasteiger partial charge in [-0.25, -0.2) is 10.2 Å². The van der Waals surface area contributed by atoms with Crippen LogP contribution in [-0.2, 0) is 6.61 Å². The van der Waals surface area contributed by atoms with Crippen LogP contribution in [0.5, 0.6) is 11.5 Å². The van der Waals surface area contributed by atoms with Gasteiger partial charge in [-0.3, -0.25) is 0 Å². The van der Waals surface area contributed by atoms with E-state index in [9.17, 15) is 4.79 Å². The van der Waals surface area contributed by atoms with Crippen LogP contribution in [0, 0.1) is 3.57 Å². The number of carbonyl (C=O) groups excluding carboxylic acids is 1. The number of hydrazone groups is 1. The minimum Gasteiger partial charge on any atom is -0.496 e. The van der Waals surface area contributed by atoms with Crippen molar-refractivity contribution in [2.45, 2.75) is 6.61 Å².